The highest BCUT2D eigenvalue weighted by Crippen LogP contribution is 2.13. The van der Waals surface area contributed by atoms with Gasteiger partial charge in [0.25, 0.3) is 0 Å². The second-order valence-electron chi connectivity index (χ2n) is 4.44. The van der Waals surface area contributed by atoms with Crippen molar-refractivity contribution in [3.63, 3.8) is 0 Å². The number of sulfonamides is 1. The molecule has 0 bridgehead atoms. The molecule has 0 saturated carbocycles. The number of alkyl halides is 1. The molecule has 0 aromatic heterocycles. The van der Waals surface area contributed by atoms with Crippen LogP contribution in [0.3, 0.4) is 0 Å². The Balaban J connectivity index is 2.58. The molecule has 108 valence electrons. The first kappa shape index (κ1) is 16.3. The topological polar surface area (TPSA) is 55.4 Å². The molecule has 19 heavy (non-hydrogen) atoms. The highest BCUT2D eigenvalue weighted by atomic mass is 35.5. The number of hydrogen-bond acceptors (Lipinski definition) is 3. The molecule has 0 radical (unpaired) electrons. The first-order valence-corrected chi connectivity index (χ1v) is 8.40. The zero-order valence-electron chi connectivity index (χ0n) is 11.2. The van der Waals surface area contributed by atoms with E-state index in [9.17, 15) is 8.42 Å². The van der Waals surface area contributed by atoms with Crippen LogP contribution < -0.4 is 9.46 Å². The van der Waals surface area contributed by atoms with Crippen LogP contribution in [0.1, 0.15) is 19.4 Å². The van der Waals surface area contributed by atoms with E-state index in [1.54, 1.807) is 0 Å². The lowest BCUT2D eigenvalue weighted by atomic mass is 10.2. The summed E-state index contributed by atoms with van der Waals surface area (Å²) in [5.41, 5.74) is 0.869. The van der Waals surface area contributed by atoms with Crippen molar-refractivity contribution in [3.8, 4) is 5.75 Å². The molecule has 0 heterocycles. The monoisotopic (exact) mass is 305 g/mol. The molecule has 4 nitrogen and oxygen atoms in total. The Morgan fingerprint density at radius 3 is 2.79 bits per heavy atom. The predicted octanol–water partition coefficient (Wildman–Crippen LogP) is 2.38. The highest BCUT2D eigenvalue weighted by Gasteiger charge is 2.14. The molecule has 1 rings (SSSR count). The number of benzene rings is 1. The van der Waals surface area contributed by atoms with Crippen molar-refractivity contribution in [1.82, 2.24) is 4.72 Å². The van der Waals surface area contributed by atoms with Gasteiger partial charge in [-0.05, 0) is 30.5 Å². The zero-order chi connectivity index (χ0) is 14.3. The fourth-order valence-electron chi connectivity index (χ4n) is 1.58. The number of hydrogen-bond donors (Lipinski definition) is 1. The van der Waals surface area contributed by atoms with Crippen LogP contribution in [0.4, 0.5) is 0 Å². The van der Waals surface area contributed by atoms with Gasteiger partial charge < -0.3 is 4.74 Å². The van der Waals surface area contributed by atoms with Gasteiger partial charge in [0.2, 0.25) is 10.0 Å². The van der Waals surface area contributed by atoms with Crippen LogP contribution in [0.25, 0.3) is 0 Å². The Labute approximate surface area is 120 Å². The van der Waals surface area contributed by atoms with E-state index in [0.29, 0.717) is 12.5 Å². The second-order valence-corrected chi connectivity index (χ2v) is 6.60. The fourth-order valence-corrected chi connectivity index (χ4v) is 3.19. The summed E-state index contributed by atoms with van der Waals surface area (Å²) >= 11 is 5.62. The Hall–Kier alpha value is -0.780. The Morgan fingerprint density at radius 1 is 1.42 bits per heavy atom. The van der Waals surface area contributed by atoms with E-state index < -0.39 is 10.0 Å². The maximum Gasteiger partial charge on any atom is 0.212 e. The van der Waals surface area contributed by atoms with E-state index in [-0.39, 0.29) is 18.2 Å². The average molecular weight is 306 g/mol. The predicted molar refractivity (Wildman–Crippen MR) is 78.1 cm³/mol. The Morgan fingerprint density at radius 2 is 2.16 bits per heavy atom. The minimum atomic E-state index is -3.29. The van der Waals surface area contributed by atoms with Crippen LogP contribution in [0.5, 0.6) is 5.75 Å². The molecule has 0 aliphatic rings. The number of nitrogens with one attached hydrogen (secondary N) is 1. The van der Waals surface area contributed by atoms with Gasteiger partial charge >= 0.3 is 0 Å². The van der Waals surface area contributed by atoms with Crippen molar-refractivity contribution in [1.29, 1.82) is 0 Å². The van der Waals surface area contributed by atoms with Crippen molar-refractivity contribution < 1.29 is 13.2 Å². The molecule has 1 aromatic rings. The fraction of sp³-hybridized carbons (Fsp3) is 0.538. The normalized spacial score (nSPS) is 13.2. The van der Waals surface area contributed by atoms with Crippen molar-refractivity contribution in [2.24, 2.45) is 5.92 Å². The van der Waals surface area contributed by atoms with Gasteiger partial charge in [0, 0.05) is 12.4 Å². The third-order valence-corrected chi connectivity index (χ3v) is 4.59. The maximum absolute atomic E-state index is 11.8. The second kappa shape index (κ2) is 7.72. The summed E-state index contributed by atoms with van der Waals surface area (Å²) in [7, 11) is -3.29. The van der Waals surface area contributed by atoms with Gasteiger partial charge in [0.15, 0.2) is 0 Å². The lowest BCUT2D eigenvalue weighted by Gasteiger charge is -2.11. The summed E-state index contributed by atoms with van der Waals surface area (Å²) in [5.74, 6) is 1.06. The first-order chi connectivity index (χ1) is 8.96. The number of rotatable bonds is 8. The molecule has 1 N–H and O–H groups in total. The maximum atomic E-state index is 11.8. The van der Waals surface area contributed by atoms with Crippen LogP contribution in [0.15, 0.2) is 24.3 Å². The van der Waals surface area contributed by atoms with Gasteiger partial charge in [-0.1, -0.05) is 19.1 Å². The third-order valence-electron chi connectivity index (χ3n) is 2.47. The van der Waals surface area contributed by atoms with Gasteiger partial charge in [0.05, 0.1) is 12.4 Å². The first-order valence-electron chi connectivity index (χ1n) is 6.22. The van der Waals surface area contributed by atoms with Gasteiger partial charge in [-0.25, -0.2) is 13.1 Å². The number of halogens is 1. The van der Waals surface area contributed by atoms with Crippen molar-refractivity contribution in [3.05, 3.63) is 29.8 Å². The van der Waals surface area contributed by atoms with E-state index >= 15 is 0 Å². The van der Waals surface area contributed by atoms with Crippen molar-refractivity contribution in [2.75, 3.05) is 18.2 Å². The molecule has 1 atom stereocenters. The standard InChI is InChI=1S/C13H20ClNO3S/c1-3-18-13-6-4-5-12(7-13)9-15-19(16,17)10-11(2)8-14/h4-7,11,15H,3,8-10H2,1-2H3. The highest BCUT2D eigenvalue weighted by molar-refractivity contribution is 7.89. The van der Waals surface area contributed by atoms with Crippen LogP contribution in [0.2, 0.25) is 0 Å². The van der Waals surface area contributed by atoms with E-state index in [1.807, 2.05) is 38.1 Å². The molecule has 0 fully saturated rings. The average Bonchev–Trinajstić information content (AvgIpc) is 2.37. The van der Waals surface area contributed by atoms with E-state index in [4.69, 9.17) is 16.3 Å². The minimum Gasteiger partial charge on any atom is -0.494 e. The van der Waals surface area contributed by atoms with E-state index in [1.165, 1.54) is 0 Å². The minimum absolute atomic E-state index is 0.0433. The molecule has 0 saturated heterocycles. The Bertz CT molecular complexity index is 490. The molecular formula is C13H20ClNO3S. The molecule has 0 spiro atoms. The molecule has 1 unspecified atom stereocenters. The lowest BCUT2D eigenvalue weighted by Crippen LogP contribution is -2.29. The van der Waals surface area contributed by atoms with Crippen LogP contribution >= 0.6 is 11.6 Å². The molecular weight excluding hydrogens is 286 g/mol. The van der Waals surface area contributed by atoms with E-state index in [2.05, 4.69) is 4.72 Å². The molecule has 0 aliphatic carbocycles. The van der Waals surface area contributed by atoms with Gasteiger partial charge in [-0.15, -0.1) is 11.6 Å². The largest absolute Gasteiger partial charge is 0.494 e. The summed E-state index contributed by atoms with van der Waals surface area (Å²) in [5, 5.41) is 0. The summed E-state index contributed by atoms with van der Waals surface area (Å²) in [6, 6.07) is 7.38. The van der Waals surface area contributed by atoms with Gasteiger partial charge in [-0.3, -0.25) is 0 Å². The molecule has 1 aromatic carbocycles. The summed E-state index contributed by atoms with van der Waals surface area (Å²) in [6.45, 7) is 4.56. The number of ether oxygens (including phenoxy) is 1. The van der Waals surface area contributed by atoms with Crippen LogP contribution in [-0.2, 0) is 16.6 Å². The lowest BCUT2D eigenvalue weighted by molar-refractivity contribution is 0.340. The summed E-state index contributed by atoms with van der Waals surface area (Å²) in [4.78, 5) is 0. The van der Waals surface area contributed by atoms with Crippen molar-refractivity contribution in [2.45, 2.75) is 20.4 Å². The Kier molecular flexibility index (Phi) is 6.62. The smallest absolute Gasteiger partial charge is 0.212 e. The van der Waals surface area contributed by atoms with Crippen molar-refractivity contribution >= 4 is 21.6 Å². The third kappa shape index (κ3) is 6.27. The zero-order valence-corrected chi connectivity index (χ0v) is 12.8. The van der Waals surface area contributed by atoms with Gasteiger partial charge in [0.1, 0.15) is 5.75 Å². The van der Waals surface area contributed by atoms with Gasteiger partial charge in [-0.2, -0.15) is 0 Å². The molecule has 0 aliphatic heterocycles. The van der Waals surface area contributed by atoms with Crippen LogP contribution in [-0.4, -0.2) is 26.7 Å². The van der Waals surface area contributed by atoms with Crippen LogP contribution in [0, 0.1) is 5.92 Å². The molecule has 0 amide bonds. The quantitative estimate of drug-likeness (QED) is 0.750. The SMILES string of the molecule is CCOc1cccc(CNS(=O)(=O)CC(C)CCl)c1. The van der Waals surface area contributed by atoms with E-state index in [0.717, 1.165) is 11.3 Å². The molecule has 6 heteroatoms. The summed E-state index contributed by atoms with van der Waals surface area (Å²) < 4.78 is 31.5. The summed E-state index contributed by atoms with van der Waals surface area (Å²) in [6.07, 6.45) is 0.